The molecule has 1 aromatic rings. The molecular weight excluding hydrogens is 366 g/mol. The summed E-state index contributed by atoms with van der Waals surface area (Å²) in [6.07, 6.45) is 0.321. The average molecular weight is 392 g/mol. The minimum absolute atomic E-state index is 0.0215. The fourth-order valence-electron chi connectivity index (χ4n) is 2.92. The van der Waals surface area contributed by atoms with E-state index >= 15 is 0 Å². The van der Waals surface area contributed by atoms with Crippen LogP contribution in [0.25, 0.3) is 0 Å². The van der Waals surface area contributed by atoms with E-state index in [2.05, 4.69) is 0 Å². The molecule has 1 atom stereocenters. The summed E-state index contributed by atoms with van der Waals surface area (Å²) in [6, 6.07) is 3.86. The Kier molecular flexibility index (Phi) is 6.01. The van der Waals surface area contributed by atoms with Gasteiger partial charge in [0.2, 0.25) is 10.0 Å². The largest absolute Gasteiger partial charge is 0.493 e. The lowest BCUT2D eigenvalue weighted by molar-refractivity contribution is 0.307. The van der Waals surface area contributed by atoms with E-state index in [-0.39, 0.29) is 28.9 Å². The van der Waals surface area contributed by atoms with Gasteiger partial charge in [0.15, 0.2) is 21.3 Å². The molecule has 1 fully saturated rings. The summed E-state index contributed by atoms with van der Waals surface area (Å²) in [5.41, 5.74) is 0. The predicted octanol–water partition coefficient (Wildman–Crippen LogP) is 1.54. The molecule has 0 N–H and O–H groups in total. The number of hydrogen-bond acceptors (Lipinski definition) is 6. The zero-order valence-electron chi connectivity index (χ0n) is 14.9. The second kappa shape index (κ2) is 7.51. The highest BCUT2D eigenvalue weighted by molar-refractivity contribution is 7.92. The maximum absolute atomic E-state index is 13.2. The van der Waals surface area contributed by atoms with E-state index in [1.807, 2.05) is 13.8 Å². The first-order valence-corrected chi connectivity index (χ1v) is 11.3. The van der Waals surface area contributed by atoms with Crippen LogP contribution in [0.3, 0.4) is 0 Å². The fraction of sp³-hybridized carbons (Fsp3) is 0.625. The number of sulfone groups is 1. The molecule has 0 spiro atoms. The Bertz CT molecular complexity index is 817. The maximum atomic E-state index is 13.2. The van der Waals surface area contributed by atoms with Crippen molar-refractivity contribution in [2.24, 2.45) is 5.92 Å². The molecule has 0 amide bonds. The van der Waals surface area contributed by atoms with Crippen LogP contribution in [0.5, 0.6) is 11.5 Å². The average Bonchev–Trinajstić information content (AvgIpc) is 2.91. The van der Waals surface area contributed by atoms with Crippen LogP contribution in [0.4, 0.5) is 0 Å². The highest BCUT2D eigenvalue weighted by atomic mass is 32.2. The Morgan fingerprint density at radius 3 is 2.32 bits per heavy atom. The van der Waals surface area contributed by atoms with E-state index in [0.29, 0.717) is 17.9 Å². The smallest absolute Gasteiger partial charge is 0.243 e. The predicted molar refractivity (Wildman–Crippen MR) is 95.3 cm³/mol. The van der Waals surface area contributed by atoms with Crippen LogP contribution in [0.2, 0.25) is 0 Å². The summed E-state index contributed by atoms with van der Waals surface area (Å²) in [6.45, 7) is 4.07. The van der Waals surface area contributed by atoms with Crippen molar-refractivity contribution in [2.45, 2.75) is 31.2 Å². The third kappa shape index (κ3) is 4.45. The van der Waals surface area contributed by atoms with Gasteiger partial charge in [-0.25, -0.2) is 16.8 Å². The van der Waals surface area contributed by atoms with Gasteiger partial charge in [-0.15, -0.1) is 0 Å². The monoisotopic (exact) mass is 391 g/mol. The molecular formula is C16H25NO6S2. The minimum atomic E-state index is -3.85. The van der Waals surface area contributed by atoms with Crippen LogP contribution in [0, 0.1) is 5.92 Å². The lowest BCUT2D eigenvalue weighted by atomic mass is 10.2. The van der Waals surface area contributed by atoms with Crippen molar-refractivity contribution >= 4 is 19.9 Å². The highest BCUT2D eigenvalue weighted by Gasteiger charge is 2.39. The summed E-state index contributed by atoms with van der Waals surface area (Å²) >= 11 is 0. The molecule has 9 heteroatoms. The molecule has 0 aromatic heterocycles. The van der Waals surface area contributed by atoms with Crippen LogP contribution in [-0.2, 0) is 19.9 Å². The zero-order valence-corrected chi connectivity index (χ0v) is 16.6. The zero-order chi connectivity index (χ0) is 18.8. The van der Waals surface area contributed by atoms with Gasteiger partial charge in [-0.3, -0.25) is 0 Å². The third-order valence-corrected chi connectivity index (χ3v) is 7.79. The number of ether oxygens (including phenoxy) is 2. The van der Waals surface area contributed by atoms with Gasteiger partial charge in [-0.05, 0) is 24.5 Å². The molecule has 1 saturated heterocycles. The SMILES string of the molecule is COc1ccc(S(=O)(=O)N(CC(C)C)[C@@H]2CCS(=O)(=O)C2)cc1OC. The van der Waals surface area contributed by atoms with Gasteiger partial charge in [0.1, 0.15) is 0 Å². The molecule has 1 aromatic carbocycles. The van der Waals surface area contributed by atoms with E-state index in [1.165, 1.54) is 36.7 Å². The molecule has 0 bridgehead atoms. The van der Waals surface area contributed by atoms with Crippen LogP contribution < -0.4 is 9.47 Å². The Hall–Kier alpha value is -1.32. The van der Waals surface area contributed by atoms with Gasteiger partial charge in [0.05, 0.1) is 30.6 Å². The number of nitrogens with zero attached hydrogens (tertiary/aromatic N) is 1. The molecule has 25 heavy (non-hydrogen) atoms. The fourth-order valence-corrected chi connectivity index (χ4v) is 6.58. The minimum Gasteiger partial charge on any atom is -0.493 e. The second-order valence-corrected chi connectivity index (χ2v) is 10.7. The topological polar surface area (TPSA) is 90.0 Å². The van der Waals surface area contributed by atoms with Crippen LogP contribution in [-0.4, -0.2) is 59.5 Å². The number of benzene rings is 1. The standard InChI is InChI=1S/C16H25NO6S2/c1-12(2)10-17(13-7-8-24(18,19)11-13)25(20,21)14-5-6-15(22-3)16(9-14)23-4/h5-6,9,12-13H,7-8,10-11H2,1-4H3/t13-/m1/s1. The van der Waals surface area contributed by atoms with Gasteiger partial charge in [0.25, 0.3) is 0 Å². The molecule has 0 saturated carbocycles. The van der Waals surface area contributed by atoms with E-state index in [0.717, 1.165) is 0 Å². The van der Waals surface area contributed by atoms with Crippen molar-refractivity contribution in [2.75, 3.05) is 32.3 Å². The number of methoxy groups -OCH3 is 2. The Labute approximate surface area is 149 Å². The van der Waals surface area contributed by atoms with E-state index in [1.54, 1.807) is 0 Å². The van der Waals surface area contributed by atoms with Crippen LogP contribution >= 0.6 is 0 Å². The molecule has 0 unspecified atom stereocenters. The van der Waals surface area contributed by atoms with Crippen molar-refractivity contribution in [1.29, 1.82) is 0 Å². The summed E-state index contributed by atoms with van der Waals surface area (Å²) in [4.78, 5) is 0.0649. The Morgan fingerprint density at radius 1 is 1.20 bits per heavy atom. The molecule has 2 rings (SSSR count). The maximum Gasteiger partial charge on any atom is 0.243 e. The van der Waals surface area contributed by atoms with E-state index < -0.39 is 25.9 Å². The first kappa shape index (κ1) is 20.0. The van der Waals surface area contributed by atoms with Gasteiger partial charge >= 0.3 is 0 Å². The quantitative estimate of drug-likeness (QED) is 0.700. The normalized spacial score (nSPS) is 20.2. The van der Waals surface area contributed by atoms with Crippen molar-refractivity contribution in [3.63, 3.8) is 0 Å². The summed E-state index contributed by atoms with van der Waals surface area (Å²) in [5.74, 6) is 0.700. The molecule has 1 aliphatic rings. The third-order valence-electron chi connectivity index (χ3n) is 4.12. The molecule has 0 aliphatic carbocycles. The van der Waals surface area contributed by atoms with Crippen molar-refractivity contribution < 1.29 is 26.3 Å². The number of rotatable bonds is 7. The van der Waals surface area contributed by atoms with Crippen molar-refractivity contribution in [3.05, 3.63) is 18.2 Å². The lowest BCUT2D eigenvalue weighted by Crippen LogP contribution is -2.43. The number of sulfonamides is 1. The summed E-state index contributed by atoms with van der Waals surface area (Å²) in [7, 11) is -4.14. The Morgan fingerprint density at radius 2 is 1.84 bits per heavy atom. The highest BCUT2D eigenvalue weighted by Crippen LogP contribution is 2.32. The van der Waals surface area contributed by atoms with Gasteiger partial charge in [-0.2, -0.15) is 4.31 Å². The molecule has 1 aliphatic heterocycles. The van der Waals surface area contributed by atoms with Gasteiger partial charge in [0, 0.05) is 18.7 Å². The van der Waals surface area contributed by atoms with Crippen LogP contribution in [0.15, 0.2) is 23.1 Å². The van der Waals surface area contributed by atoms with Crippen molar-refractivity contribution in [3.8, 4) is 11.5 Å². The van der Waals surface area contributed by atoms with Gasteiger partial charge in [-0.1, -0.05) is 13.8 Å². The van der Waals surface area contributed by atoms with E-state index in [4.69, 9.17) is 9.47 Å². The van der Waals surface area contributed by atoms with Crippen molar-refractivity contribution in [1.82, 2.24) is 4.31 Å². The first-order chi connectivity index (χ1) is 11.6. The molecule has 0 radical (unpaired) electrons. The lowest BCUT2D eigenvalue weighted by Gasteiger charge is -2.29. The molecule has 142 valence electrons. The number of hydrogen-bond donors (Lipinski definition) is 0. The summed E-state index contributed by atoms with van der Waals surface area (Å²) < 4.78 is 61.6. The van der Waals surface area contributed by atoms with E-state index in [9.17, 15) is 16.8 Å². The summed E-state index contributed by atoms with van der Waals surface area (Å²) in [5, 5.41) is 0. The molecule has 7 nitrogen and oxygen atoms in total. The van der Waals surface area contributed by atoms with Gasteiger partial charge < -0.3 is 9.47 Å². The Balaban J connectivity index is 2.45. The van der Waals surface area contributed by atoms with Crippen LogP contribution in [0.1, 0.15) is 20.3 Å². The molecule has 1 heterocycles. The second-order valence-electron chi connectivity index (χ2n) is 6.54. The first-order valence-electron chi connectivity index (χ1n) is 8.05.